The minimum absolute atomic E-state index is 0.178. The Morgan fingerprint density at radius 2 is 2.09 bits per heavy atom. The Balaban J connectivity index is 1.60. The van der Waals surface area contributed by atoms with Gasteiger partial charge in [-0.1, -0.05) is 19.3 Å². The molecule has 2 aliphatic rings. The van der Waals surface area contributed by atoms with Gasteiger partial charge in [0.2, 0.25) is 5.91 Å². The van der Waals surface area contributed by atoms with Crippen molar-refractivity contribution in [1.29, 1.82) is 0 Å². The van der Waals surface area contributed by atoms with E-state index in [0.29, 0.717) is 32.4 Å². The number of carbonyl (C=O) groups is 1. The van der Waals surface area contributed by atoms with Gasteiger partial charge in [0, 0.05) is 19.7 Å². The Morgan fingerprint density at radius 3 is 2.83 bits per heavy atom. The van der Waals surface area contributed by atoms with Gasteiger partial charge in [-0.2, -0.15) is 0 Å². The number of amides is 1. The third-order valence-corrected chi connectivity index (χ3v) is 4.44. The largest absolute Gasteiger partial charge is 0.378 e. The number of hydrogen-bond donors (Lipinski definition) is 1. The zero-order valence-electron chi connectivity index (χ0n) is 13.6. The van der Waals surface area contributed by atoms with Crippen molar-refractivity contribution in [1.82, 2.24) is 10.2 Å². The van der Waals surface area contributed by atoms with Crippen molar-refractivity contribution in [2.75, 3.05) is 39.5 Å². The third-order valence-electron chi connectivity index (χ3n) is 4.44. The summed E-state index contributed by atoms with van der Waals surface area (Å²) in [4.78, 5) is 13.6. The number of nitrogens with one attached hydrogen (secondary N) is 1. The summed E-state index contributed by atoms with van der Waals surface area (Å²) in [5, 5.41) is 2.81. The monoisotopic (exact) mass is 334 g/mol. The summed E-state index contributed by atoms with van der Waals surface area (Å²) in [5.74, 6) is -0.233. The lowest BCUT2D eigenvalue weighted by Crippen LogP contribution is -2.55. The molecule has 2 rings (SSSR count). The van der Waals surface area contributed by atoms with Crippen LogP contribution in [0.4, 0.5) is 8.78 Å². The van der Waals surface area contributed by atoms with Gasteiger partial charge in [-0.25, -0.2) is 8.78 Å². The van der Waals surface area contributed by atoms with Crippen LogP contribution in [0.15, 0.2) is 0 Å². The molecule has 0 radical (unpaired) electrons. The van der Waals surface area contributed by atoms with Crippen molar-refractivity contribution < 1.29 is 23.0 Å². The van der Waals surface area contributed by atoms with Gasteiger partial charge < -0.3 is 14.8 Å². The molecule has 134 valence electrons. The second kappa shape index (κ2) is 10.2. The lowest BCUT2D eigenvalue weighted by atomic mass is 9.98. The maximum Gasteiger partial charge on any atom is 0.251 e. The standard InChI is InChI=1S/C16H28F2N2O3/c17-15(18)11-20-8-10-22-12-14(20)16(21)19-7-4-9-23-13-5-2-1-3-6-13/h13-15H,1-12H2,(H,19,21). The van der Waals surface area contributed by atoms with E-state index in [-0.39, 0.29) is 19.1 Å². The Morgan fingerprint density at radius 1 is 1.30 bits per heavy atom. The van der Waals surface area contributed by atoms with Gasteiger partial charge in [0.05, 0.1) is 25.9 Å². The summed E-state index contributed by atoms with van der Waals surface area (Å²) in [7, 11) is 0. The number of alkyl halides is 2. The molecule has 0 aromatic rings. The van der Waals surface area contributed by atoms with Gasteiger partial charge in [0.15, 0.2) is 0 Å². The van der Waals surface area contributed by atoms with Crippen LogP contribution >= 0.6 is 0 Å². The topological polar surface area (TPSA) is 50.8 Å². The molecule has 1 aliphatic heterocycles. The van der Waals surface area contributed by atoms with Crippen LogP contribution in [0.5, 0.6) is 0 Å². The van der Waals surface area contributed by atoms with E-state index < -0.39 is 12.5 Å². The van der Waals surface area contributed by atoms with Crippen LogP contribution in [-0.2, 0) is 14.3 Å². The Hall–Kier alpha value is -0.790. The van der Waals surface area contributed by atoms with Crippen LogP contribution in [0.3, 0.4) is 0 Å². The molecule has 5 nitrogen and oxygen atoms in total. The molecular weight excluding hydrogens is 306 g/mol. The molecule has 1 amide bonds. The summed E-state index contributed by atoms with van der Waals surface area (Å²) < 4.78 is 36.2. The quantitative estimate of drug-likeness (QED) is 0.688. The molecule has 1 atom stereocenters. The van der Waals surface area contributed by atoms with Crippen LogP contribution in [0.2, 0.25) is 0 Å². The minimum atomic E-state index is -2.44. The van der Waals surface area contributed by atoms with Crippen molar-refractivity contribution in [2.24, 2.45) is 0 Å². The van der Waals surface area contributed by atoms with E-state index in [9.17, 15) is 13.6 Å². The zero-order chi connectivity index (χ0) is 16.5. The van der Waals surface area contributed by atoms with Gasteiger partial charge in [0.1, 0.15) is 6.04 Å². The number of morpholine rings is 1. The van der Waals surface area contributed by atoms with E-state index in [1.54, 1.807) is 0 Å². The predicted octanol–water partition coefficient (Wildman–Crippen LogP) is 1.81. The fourth-order valence-electron chi connectivity index (χ4n) is 3.16. The van der Waals surface area contributed by atoms with E-state index in [0.717, 1.165) is 19.3 Å². The second-order valence-electron chi connectivity index (χ2n) is 6.25. The molecule has 23 heavy (non-hydrogen) atoms. The normalized spacial score (nSPS) is 24.0. The summed E-state index contributed by atoms with van der Waals surface area (Å²) >= 11 is 0. The second-order valence-corrected chi connectivity index (χ2v) is 6.25. The highest BCUT2D eigenvalue weighted by Crippen LogP contribution is 2.20. The summed E-state index contributed by atoms with van der Waals surface area (Å²) in [6.07, 6.45) is 4.72. The SMILES string of the molecule is O=C(NCCCOC1CCCCC1)C1COCCN1CC(F)F. The molecule has 7 heteroatoms. The van der Waals surface area contributed by atoms with E-state index in [2.05, 4.69) is 5.32 Å². The molecular formula is C16H28F2N2O3. The highest BCUT2D eigenvalue weighted by Gasteiger charge is 2.30. The molecule has 0 bridgehead atoms. The number of halogens is 2. The van der Waals surface area contributed by atoms with Crippen molar-refractivity contribution in [3.63, 3.8) is 0 Å². The molecule has 2 fully saturated rings. The third kappa shape index (κ3) is 6.69. The highest BCUT2D eigenvalue weighted by atomic mass is 19.3. The van der Waals surface area contributed by atoms with Crippen LogP contribution in [0.25, 0.3) is 0 Å². The predicted molar refractivity (Wildman–Crippen MR) is 82.6 cm³/mol. The maximum absolute atomic E-state index is 12.6. The first kappa shape index (κ1) is 18.5. The zero-order valence-corrected chi connectivity index (χ0v) is 13.6. The van der Waals surface area contributed by atoms with Crippen molar-refractivity contribution in [2.45, 2.75) is 57.1 Å². The van der Waals surface area contributed by atoms with Crippen molar-refractivity contribution >= 4 is 5.91 Å². The minimum Gasteiger partial charge on any atom is -0.378 e. The molecule has 1 saturated carbocycles. The maximum atomic E-state index is 12.6. The average Bonchev–Trinajstić information content (AvgIpc) is 2.55. The molecule has 0 spiro atoms. The first-order valence-electron chi connectivity index (χ1n) is 8.66. The Labute approximate surface area is 136 Å². The highest BCUT2D eigenvalue weighted by molar-refractivity contribution is 5.82. The van der Waals surface area contributed by atoms with Crippen LogP contribution in [0, 0.1) is 0 Å². The summed E-state index contributed by atoms with van der Waals surface area (Å²) in [6, 6.07) is -0.614. The van der Waals surface area contributed by atoms with E-state index in [4.69, 9.17) is 9.47 Å². The molecule has 1 saturated heterocycles. The Bertz CT molecular complexity index is 352. The lowest BCUT2D eigenvalue weighted by molar-refractivity contribution is -0.134. The molecule has 1 unspecified atom stereocenters. The fraction of sp³-hybridized carbons (Fsp3) is 0.938. The first-order chi connectivity index (χ1) is 11.2. The van der Waals surface area contributed by atoms with Crippen molar-refractivity contribution in [3.8, 4) is 0 Å². The molecule has 1 heterocycles. The average molecular weight is 334 g/mol. The first-order valence-corrected chi connectivity index (χ1v) is 8.66. The van der Waals surface area contributed by atoms with E-state index >= 15 is 0 Å². The Kier molecular flexibility index (Phi) is 8.19. The van der Waals surface area contributed by atoms with Crippen LogP contribution < -0.4 is 5.32 Å². The van der Waals surface area contributed by atoms with Crippen LogP contribution in [0.1, 0.15) is 38.5 Å². The summed E-state index contributed by atoms with van der Waals surface area (Å²) in [5.41, 5.74) is 0. The van der Waals surface area contributed by atoms with Crippen LogP contribution in [-0.4, -0.2) is 68.8 Å². The summed E-state index contributed by atoms with van der Waals surface area (Å²) in [6.45, 7) is 1.69. The fourth-order valence-corrected chi connectivity index (χ4v) is 3.16. The van der Waals surface area contributed by atoms with E-state index in [1.807, 2.05) is 0 Å². The number of rotatable bonds is 8. The number of hydrogen-bond acceptors (Lipinski definition) is 4. The molecule has 0 aromatic carbocycles. The molecule has 1 N–H and O–H groups in total. The lowest BCUT2D eigenvalue weighted by Gasteiger charge is -2.34. The smallest absolute Gasteiger partial charge is 0.251 e. The van der Waals surface area contributed by atoms with Gasteiger partial charge in [-0.15, -0.1) is 0 Å². The van der Waals surface area contributed by atoms with E-state index in [1.165, 1.54) is 24.2 Å². The van der Waals surface area contributed by atoms with Gasteiger partial charge in [-0.05, 0) is 19.3 Å². The number of carbonyl (C=O) groups excluding carboxylic acids is 1. The number of ether oxygens (including phenoxy) is 2. The molecule has 1 aliphatic carbocycles. The van der Waals surface area contributed by atoms with Crippen molar-refractivity contribution in [3.05, 3.63) is 0 Å². The molecule has 0 aromatic heterocycles. The van der Waals surface area contributed by atoms with Gasteiger partial charge in [-0.3, -0.25) is 9.69 Å². The van der Waals surface area contributed by atoms with Gasteiger partial charge >= 0.3 is 0 Å². The number of nitrogens with zero attached hydrogens (tertiary/aromatic N) is 1. The van der Waals surface area contributed by atoms with Gasteiger partial charge in [0.25, 0.3) is 6.43 Å².